The third-order valence-corrected chi connectivity index (χ3v) is 4.18. The van der Waals surface area contributed by atoms with Crippen LogP contribution in [0.4, 0.5) is 0 Å². The van der Waals surface area contributed by atoms with Gasteiger partial charge in [0.05, 0.1) is 30.7 Å². The van der Waals surface area contributed by atoms with E-state index in [0.29, 0.717) is 0 Å². The van der Waals surface area contributed by atoms with Crippen molar-refractivity contribution in [3.05, 3.63) is 0 Å². The zero-order valence-corrected chi connectivity index (χ0v) is 10.4. The van der Waals surface area contributed by atoms with E-state index >= 15 is 0 Å². The number of hydrogen-bond donors (Lipinski definition) is 2. The van der Waals surface area contributed by atoms with Crippen molar-refractivity contribution in [2.45, 2.75) is 32.2 Å². The predicted molar refractivity (Wildman–Crippen MR) is 58.5 cm³/mol. The van der Waals surface area contributed by atoms with Crippen molar-refractivity contribution in [2.24, 2.45) is 0 Å². The van der Waals surface area contributed by atoms with Gasteiger partial charge in [0.25, 0.3) is 0 Å². The van der Waals surface area contributed by atoms with Crippen LogP contribution in [0.15, 0.2) is 0 Å². The molecule has 0 unspecified atom stereocenters. The highest BCUT2D eigenvalue weighted by Gasteiger charge is 2.36. The van der Waals surface area contributed by atoms with E-state index in [9.17, 15) is 18.6 Å². The molecule has 1 saturated heterocycles. The lowest BCUT2D eigenvalue weighted by Crippen LogP contribution is -2.33. The molecule has 0 amide bonds. The van der Waals surface area contributed by atoms with Crippen LogP contribution in [0.1, 0.15) is 13.8 Å². The second-order valence-corrected chi connectivity index (χ2v) is 6.28. The molecule has 1 aliphatic heterocycles. The van der Waals surface area contributed by atoms with E-state index in [1.807, 2.05) is 13.8 Å². The van der Waals surface area contributed by atoms with Crippen molar-refractivity contribution in [3.8, 4) is 0 Å². The SMILES string of the molecule is CC(C)OCCS(=O)(=O)N1C[C@@H](O)[C@@H](O)C1. The van der Waals surface area contributed by atoms with Gasteiger partial charge in [0.15, 0.2) is 0 Å². The van der Waals surface area contributed by atoms with E-state index in [4.69, 9.17) is 4.74 Å². The number of sulfonamides is 1. The van der Waals surface area contributed by atoms with Gasteiger partial charge in [-0.15, -0.1) is 0 Å². The van der Waals surface area contributed by atoms with Gasteiger partial charge < -0.3 is 14.9 Å². The molecule has 96 valence electrons. The standard InChI is InChI=1S/C9H19NO5S/c1-7(2)15-3-4-16(13,14)10-5-8(11)9(12)6-10/h7-9,11-12H,3-6H2,1-2H3/t8-,9+. The predicted octanol–water partition coefficient (Wildman–Crippen LogP) is -1.22. The molecule has 0 spiro atoms. The first-order chi connectivity index (χ1) is 7.33. The summed E-state index contributed by atoms with van der Waals surface area (Å²) < 4.78 is 29.7. The number of aliphatic hydroxyl groups is 2. The minimum Gasteiger partial charge on any atom is -0.389 e. The van der Waals surface area contributed by atoms with E-state index < -0.39 is 22.2 Å². The van der Waals surface area contributed by atoms with Crippen LogP contribution in [0.25, 0.3) is 0 Å². The van der Waals surface area contributed by atoms with Crippen LogP contribution in [0.5, 0.6) is 0 Å². The summed E-state index contributed by atoms with van der Waals surface area (Å²) in [4.78, 5) is 0. The topological polar surface area (TPSA) is 87.1 Å². The van der Waals surface area contributed by atoms with Crippen molar-refractivity contribution in [1.29, 1.82) is 0 Å². The molecule has 0 aromatic heterocycles. The third-order valence-electron chi connectivity index (χ3n) is 2.41. The van der Waals surface area contributed by atoms with Crippen LogP contribution in [-0.4, -0.2) is 66.7 Å². The Morgan fingerprint density at radius 2 is 1.81 bits per heavy atom. The molecule has 0 saturated carbocycles. The number of nitrogens with zero attached hydrogens (tertiary/aromatic N) is 1. The molecule has 1 heterocycles. The highest BCUT2D eigenvalue weighted by Crippen LogP contribution is 2.14. The highest BCUT2D eigenvalue weighted by atomic mass is 32.2. The minimum absolute atomic E-state index is 0.00930. The van der Waals surface area contributed by atoms with Gasteiger partial charge in [-0.2, -0.15) is 4.31 Å². The van der Waals surface area contributed by atoms with Crippen molar-refractivity contribution in [2.75, 3.05) is 25.4 Å². The Balaban J connectivity index is 2.46. The minimum atomic E-state index is -3.43. The molecule has 0 aliphatic carbocycles. The fourth-order valence-corrected chi connectivity index (χ4v) is 2.81. The molecule has 0 aromatic carbocycles. The Morgan fingerprint density at radius 3 is 2.25 bits per heavy atom. The fraction of sp³-hybridized carbons (Fsp3) is 1.00. The van der Waals surface area contributed by atoms with Gasteiger partial charge in [0.2, 0.25) is 10.0 Å². The monoisotopic (exact) mass is 253 g/mol. The summed E-state index contributed by atoms with van der Waals surface area (Å²) in [5, 5.41) is 18.5. The molecule has 2 atom stereocenters. The maximum absolute atomic E-state index is 11.7. The molecular formula is C9H19NO5S. The lowest BCUT2D eigenvalue weighted by molar-refractivity contribution is 0.0572. The van der Waals surface area contributed by atoms with Gasteiger partial charge in [-0.1, -0.05) is 0 Å². The summed E-state index contributed by atoms with van der Waals surface area (Å²) in [6.07, 6.45) is -1.98. The van der Waals surface area contributed by atoms with Crippen molar-refractivity contribution >= 4 is 10.0 Å². The Labute approximate surface area is 95.9 Å². The number of hydrogen-bond acceptors (Lipinski definition) is 5. The van der Waals surface area contributed by atoms with E-state index in [2.05, 4.69) is 0 Å². The van der Waals surface area contributed by atoms with Gasteiger partial charge >= 0.3 is 0 Å². The second kappa shape index (κ2) is 5.42. The Morgan fingerprint density at radius 1 is 1.31 bits per heavy atom. The smallest absolute Gasteiger partial charge is 0.216 e. The summed E-state index contributed by atoms with van der Waals surface area (Å²) in [6.45, 7) is 3.71. The van der Waals surface area contributed by atoms with Crippen molar-refractivity contribution in [3.63, 3.8) is 0 Å². The average molecular weight is 253 g/mol. The van der Waals surface area contributed by atoms with E-state index in [1.165, 1.54) is 0 Å². The van der Waals surface area contributed by atoms with Gasteiger partial charge in [0, 0.05) is 13.1 Å². The zero-order valence-electron chi connectivity index (χ0n) is 9.54. The lowest BCUT2D eigenvalue weighted by atomic mass is 10.3. The highest BCUT2D eigenvalue weighted by molar-refractivity contribution is 7.89. The van der Waals surface area contributed by atoms with Crippen LogP contribution in [0.3, 0.4) is 0 Å². The fourth-order valence-electron chi connectivity index (χ4n) is 1.48. The molecule has 1 rings (SSSR count). The van der Waals surface area contributed by atoms with E-state index in [1.54, 1.807) is 0 Å². The van der Waals surface area contributed by atoms with Crippen LogP contribution >= 0.6 is 0 Å². The van der Waals surface area contributed by atoms with Gasteiger partial charge in [-0.05, 0) is 13.8 Å². The number of ether oxygens (including phenoxy) is 1. The summed E-state index contributed by atoms with van der Waals surface area (Å²) in [7, 11) is -3.43. The van der Waals surface area contributed by atoms with Crippen LogP contribution in [0, 0.1) is 0 Å². The average Bonchev–Trinajstić information content (AvgIpc) is 2.46. The quantitative estimate of drug-likeness (QED) is 0.641. The molecule has 1 fully saturated rings. The number of β-amino-alcohol motifs (C(OH)–C–C–N with tert-alkyl or cyclic N) is 2. The van der Waals surface area contributed by atoms with E-state index in [-0.39, 0.29) is 31.6 Å². The normalized spacial score (nSPS) is 27.8. The molecule has 1 aliphatic rings. The van der Waals surface area contributed by atoms with Crippen molar-refractivity contribution in [1.82, 2.24) is 4.31 Å². The second-order valence-electron chi connectivity index (χ2n) is 4.19. The first-order valence-corrected chi connectivity index (χ1v) is 6.89. The van der Waals surface area contributed by atoms with Crippen molar-refractivity contribution < 1.29 is 23.4 Å². The summed E-state index contributed by atoms with van der Waals surface area (Å²) in [6, 6.07) is 0. The lowest BCUT2D eigenvalue weighted by Gasteiger charge is -2.16. The largest absolute Gasteiger partial charge is 0.389 e. The third kappa shape index (κ3) is 3.67. The summed E-state index contributed by atoms with van der Waals surface area (Å²) in [5.74, 6) is -0.120. The first-order valence-electron chi connectivity index (χ1n) is 5.28. The van der Waals surface area contributed by atoms with Crippen LogP contribution in [0.2, 0.25) is 0 Å². The van der Waals surface area contributed by atoms with Gasteiger partial charge in [-0.25, -0.2) is 8.42 Å². The number of rotatable bonds is 5. The maximum Gasteiger partial charge on any atom is 0.216 e. The molecule has 2 N–H and O–H groups in total. The maximum atomic E-state index is 11.7. The summed E-state index contributed by atoms with van der Waals surface area (Å²) in [5.41, 5.74) is 0. The van der Waals surface area contributed by atoms with Gasteiger partial charge in [0.1, 0.15) is 0 Å². The summed E-state index contributed by atoms with van der Waals surface area (Å²) >= 11 is 0. The first kappa shape index (κ1) is 13.9. The number of aliphatic hydroxyl groups excluding tert-OH is 2. The molecular weight excluding hydrogens is 234 g/mol. The zero-order chi connectivity index (χ0) is 12.3. The Hall–Kier alpha value is -0.210. The van der Waals surface area contributed by atoms with E-state index in [0.717, 1.165) is 4.31 Å². The molecule has 7 heteroatoms. The molecule has 0 radical (unpaired) electrons. The molecule has 0 bridgehead atoms. The molecule has 0 aromatic rings. The Bertz CT molecular complexity index is 306. The van der Waals surface area contributed by atoms with Gasteiger partial charge in [-0.3, -0.25) is 0 Å². The van der Waals surface area contributed by atoms with Crippen LogP contribution < -0.4 is 0 Å². The Kier molecular flexibility index (Phi) is 4.69. The molecule has 16 heavy (non-hydrogen) atoms. The molecule has 6 nitrogen and oxygen atoms in total. The van der Waals surface area contributed by atoms with Crippen LogP contribution in [-0.2, 0) is 14.8 Å².